The maximum absolute atomic E-state index is 15.2. The first-order chi connectivity index (χ1) is 16.0. The number of anilines is 2. The summed E-state index contributed by atoms with van der Waals surface area (Å²) in [6.07, 6.45) is 3.29. The fraction of sp³-hybridized carbons (Fsp3) is 0.417. The van der Waals surface area contributed by atoms with E-state index in [-0.39, 0.29) is 27.8 Å². The third-order valence-corrected chi connectivity index (χ3v) is 6.55. The second-order valence-electron chi connectivity index (χ2n) is 9.57. The molecule has 0 unspecified atom stereocenters. The standard InChI is InChI=1S/C24H27ClFN5O3/c1-13-11-15(14(2)27-16-5-6-17(25)28-19(16)23(33)34)20-29-21(18(26)22(32)31(20)12-13)30-9-7-24(3,4)8-10-30/h5-6,11-12,14,27H,7-10H2,1-4H3,(H,33,34)/t14-/m1/s1. The highest BCUT2D eigenvalue weighted by Gasteiger charge is 2.29. The van der Waals surface area contributed by atoms with E-state index in [0.29, 0.717) is 24.3 Å². The molecule has 0 aromatic carbocycles. The number of carboxylic acid groups (broad SMARTS) is 1. The molecule has 4 rings (SSSR count). The number of aromatic nitrogens is 3. The highest BCUT2D eigenvalue weighted by molar-refractivity contribution is 6.29. The molecule has 3 aromatic heterocycles. The minimum Gasteiger partial charge on any atom is -0.476 e. The van der Waals surface area contributed by atoms with Crippen LogP contribution in [-0.4, -0.2) is 38.5 Å². The van der Waals surface area contributed by atoms with Gasteiger partial charge in [-0.05, 0) is 55.9 Å². The van der Waals surface area contributed by atoms with Gasteiger partial charge < -0.3 is 15.3 Å². The number of hydrogen-bond acceptors (Lipinski definition) is 6. The lowest BCUT2D eigenvalue weighted by Gasteiger charge is -2.37. The first kappa shape index (κ1) is 23.9. The third-order valence-electron chi connectivity index (χ3n) is 6.34. The largest absolute Gasteiger partial charge is 0.476 e. The number of hydrogen-bond donors (Lipinski definition) is 2. The Kier molecular flexibility index (Phi) is 6.24. The van der Waals surface area contributed by atoms with Crippen molar-refractivity contribution in [3.8, 4) is 0 Å². The van der Waals surface area contributed by atoms with E-state index in [4.69, 9.17) is 11.6 Å². The molecule has 4 heterocycles. The Hall–Kier alpha value is -3.20. The second-order valence-corrected chi connectivity index (χ2v) is 9.96. The predicted octanol–water partition coefficient (Wildman–Crippen LogP) is 4.69. The fourth-order valence-corrected chi connectivity index (χ4v) is 4.40. The molecular weight excluding hydrogens is 461 g/mol. The molecule has 1 atom stereocenters. The zero-order chi connectivity index (χ0) is 24.8. The van der Waals surface area contributed by atoms with Crippen molar-refractivity contribution < 1.29 is 14.3 Å². The van der Waals surface area contributed by atoms with Gasteiger partial charge in [0.15, 0.2) is 11.5 Å². The fourth-order valence-electron chi connectivity index (χ4n) is 4.25. The van der Waals surface area contributed by atoms with Crippen molar-refractivity contribution in [2.75, 3.05) is 23.3 Å². The van der Waals surface area contributed by atoms with E-state index in [2.05, 4.69) is 29.1 Å². The lowest BCUT2D eigenvalue weighted by atomic mass is 9.83. The molecule has 10 heteroatoms. The van der Waals surface area contributed by atoms with Gasteiger partial charge in [0, 0.05) is 24.8 Å². The minimum absolute atomic E-state index is 0.0530. The van der Waals surface area contributed by atoms with E-state index >= 15 is 4.39 Å². The smallest absolute Gasteiger partial charge is 0.356 e. The van der Waals surface area contributed by atoms with Gasteiger partial charge in [0.25, 0.3) is 5.56 Å². The summed E-state index contributed by atoms with van der Waals surface area (Å²) in [6.45, 7) is 9.18. The van der Waals surface area contributed by atoms with Crippen LogP contribution in [0.1, 0.15) is 61.3 Å². The predicted molar refractivity (Wildman–Crippen MR) is 130 cm³/mol. The van der Waals surface area contributed by atoms with Gasteiger partial charge in [-0.2, -0.15) is 4.39 Å². The van der Waals surface area contributed by atoms with Gasteiger partial charge in [-0.15, -0.1) is 0 Å². The molecule has 34 heavy (non-hydrogen) atoms. The van der Waals surface area contributed by atoms with Gasteiger partial charge in [-0.25, -0.2) is 14.8 Å². The number of fused-ring (bicyclic) bond motifs is 1. The molecule has 0 spiro atoms. The number of nitrogens with one attached hydrogen (secondary N) is 1. The number of piperidine rings is 1. The van der Waals surface area contributed by atoms with Crippen LogP contribution in [0.3, 0.4) is 0 Å². The second kappa shape index (κ2) is 8.87. The number of rotatable bonds is 5. The van der Waals surface area contributed by atoms with Crippen molar-refractivity contribution in [3.63, 3.8) is 0 Å². The van der Waals surface area contributed by atoms with Crippen molar-refractivity contribution >= 4 is 34.7 Å². The quantitative estimate of drug-likeness (QED) is 0.503. The molecule has 1 fully saturated rings. The molecule has 3 aromatic rings. The molecule has 2 N–H and O–H groups in total. The molecule has 0 bridgehead atoms. The van der Waals surface area contributed by atoms with E-state index in [1.165, 1.54) is 16.5 Å². The summed E-state index contributed by atoms with van der Waals surface area (Å²) in [5.74, 6) is -2.04. The Bertz CT molecular complexity index is 1330. The molecule has 1 aliphatic rings. The zero-order valence-corrected chi connectivity index (χ0v) is 20.3. The number of carbonyl (C=O) groups is 1. The van der Waals surface area contributed by atoms with Crippen LogP contribution in [0.5, 0.6) is 0 Å². The lowest BCUT2D eigenvalue weighted by Crippen LogP contribution is -2.39. The zero-order valence-electron chi connectivity index (χ0n) is 19.5. The number of aromatic carboxylic acids is 1. The molecule has 1 saturated heterocycles. The summed E-state index contributed by atoms with van der Waals surface area (Å²) in [4.78, 5) is 34.9. The summed E-state index contributed by atoms with van der Waals surface area (Å²) >= 11 is 5.86. The van der Waals surface area contributed by atoms with Gasteiger partial charge in [0.05, 0.1) is 11.7 Å². The summed E-state index contributed by atoms with van der Waals surface area (Å²) in [5.41, 5.74) is 1.13. The van der Waals surface area contributed by atoms with Crippen molar-refractivity contribution in [3.05, 3.63) is 62.5 Å². The Morgan fingerprint density at radius 2 is 1.94 bits per heavy atom. The Morgan fingerprint density at radius 1 is 1.26 bits per heavy atom. The number of aryl methyl sites for hydroxylation is 1. The molecular formula is C24H27ClFN5O3. The Balaban J connectivity index is 1.79. The summed E-state index contributed by atoms with van der Waals surface area (Å²) in [7, 11) is 0. The average molecular weight is 488 g/mol. The summed E-state index contributed by atoms with van der Waals surface area (Å²) in [5, 5.41) is 12.7. The van der Waals surface area contributed by atoms with Crippen molar-refractivity contribution in [1.82, 2.24) is 14.4 Å². The highest BCUT2D eigenvalue weighted by atomic mass is 35.5. The van der Waals surface area contributed by atoms with Gasteiger partial charge in [0.1, 0.15) is 10.8 Å². The lowest BCUT2D eigenvalue weighted by molar-refractivity contribution is 0.0691. The van der Waals surface area contributed by atoms with Gasteiger partial charge in [-0.1, -0.05) is 25.4 Å². The van der Waals surface area contributed by atoms with E-state index in [1.54, 1.807) is 13.1 Å². The number of pyridine rings is 2. The number of carboxylic acids is 1. The van der Waals surface area contributed by atoms with E-state index in [0.717, 1.165) is 18.4 Å². The molecule has 0 radical (unpaired) electrons. The molecule has 180 valence electrons. The topological polar surface area (TPSA) is 99.8 Å². The van der Waals surface area contributed by atoms with Gasteiger partial charge in [-0.3, -0.25) is 9.20 Å². The van der Waals surface area contributed by atoms with Crippen LogP contribution in [0.2, 0.25) is 5.15 Å². The Morgan fingerprint density at radius 3 is 2.59 bits per heavy atom. The molecule has 0 amide bonds. The van der Waals surface area contributed by atoms with Crippen LogP contribution >= 0.6 is 11.6 Å². The van der Waals surface area contributed by atoms with Crippen LogP contribution < -0.4 is 15.8 Å². The number of halogens is 2. The van der Waals surface area contributed by atoms with Gasteiger partial charge in [0.2, 0.25) is 5.82 Å². The van der Waals surface area contributed by atoms with Crippen LogP contribution in [0.4, 0.5) is 15.9 Å². The first-order valence-corrected chi connectivity index (χ1v) is 11.5. The highest BCUT2D eigenvalue weighted by Crippen LogP contribution is 2.33. The third kappa shape index (κ3) is 4.57. The first-order valence-electron chi connectivity index (χ1n) is 11.1. The molecule has 8 nitrogen and oxygen atoms in total. The molecule has 1 aliphatic heterocycles. The van der Waals surface area contributed by atoms with Crippen molar-refractivity contribution in [2.24, 2.45) is 5.41 Å². The summed E-state index contributed by atoms with van der Waals surface area (Å²) < 4.78 is 16.4. The van der Waals surface area contributed by atoms with Crippen LogP contribution in [0, 0.1) is 18.2 Å². The maximum atomic E-state index is 15.2. The van der Waals surface area contributed by atoms with E-state index in [9.17, 15) is 14.7 Å². The molecule has 0 saturated carbocycles. The minimum atomic E-state index is -1.22. The van der Waals surface area contributed by atoms with Crippen LogP contribution in [0.15, 0.2) is 29.2 Å². The van der Waals surface area contributed by atoms with Crippen molar-refractivity contribution in [2.45, 2.75) is 46.6 Å². The van der Waals surface area contributed by atoms with Gasteiger partial charge >= 0.3 is 5.97 Å². The maximum Gasteiger partial charge on any atom is 0.356 e. The monoisotopic (exact) mass is 487 g/mol. The average Bonchev–Trinajstić information content (AvgIpc) is 2.77. The van der Waals surface area contributed by atoms with Crippen molar-refractivity contribution in [1.29, 1.82) is 0 Å². The number of nitrogens with zero attached hydrogens (tertiary/aromatic N) is 4. The SMILES string of the molecule is Cc1cc([C@@H](C)Nc2ccc(Cl)nc2C(=O)O)c2nc(N3CCC(C)(C)CC3)c(F)c(=O)n2c1. The van der Waals surface area contributed by atoms with E-state index < -0.39 is 23.4 Å². The van der Waals surface area contributed by atoms with Crippen LogP contribution in [-0.2, 0) is 0 Å². The van der Waals surface area contributed by atoms with Crippen LogP contribution in [0.25, 0.3) is 5.65 Å². The molecule has 0 aliphatic carbocycles. The summed E-state index contributed by atoms with van der Waals surface area (Å²) in [6, 6.07) is 4.41. The Labute approximate surface area is 201 Å². The van der Waals surface area contributed by atoms with E-state index in [1.807, 2.05) is 17.9 Å². The normalized spacial score (nSPS) is 16.5.